The van der Waals surface area contributed by atoms with Crippen molar-refractivity contribution in [3.8, 4) is 0 Å². The van der Waals surface area contributed by atoms with E-state index in [9.17, 15) is 13.2 Å². The number of pyridine rings is 1. The van der Waals surface area contributed by atoms with Crippen LogP contribution in [0.25, 0.3) is 11.0 Å². The molecule has 2 rings (SSSR count). The Balaban J connectivity index is 2.49. The molecule has 0 spiro atoms. The number of aromatic nitrogens is 2. The largest absolute Gasteiger partial charge is 0.417 e. The summed E-state index contributed by atoms with van der Waals surface area (Å²) in [7, 11) is 0. The predicted octanol–water partition coefficient (Wildman–Crippen LogP) is 2.05. The first-order valence-corrected chi connectivity index (χ1v) is 4.65. The van der Waals surface area contributed by atoms with Gasteiger partial charge < -0.3 is 9.67 Å². The van der Waals surface area contributed by atoms with E-state index in [1.165, 1.54) is 0 Å². The highest BCUT2D eigenvalue weighted by molar-refractivity contribution is 5.76. The van der Waals surface area contributed by atoms with Crippen molar-refractivity contribution in [1.82, 2.24) is 9.55 Å². The summed E-state index contributed by atoms with van der Waals surface area (Å²) in [6.07, 6.45) is -1.97. The Morgan fingerprint density at radius 1 is 1.38 bits per heavy atom. The monoisotopic (exact) mass is 230 g/mol. The van der Waals surface area contributed by atoms with Gasteiger partial charge in [-0.3, -0.25) is 0 Å². The van der Waals surface area contributed by atoms with Gasteiger partial charge in [-0.2, -0.15) is 13.2 Å². The van der Waals surface area contributed by atoms with Gasteiger partial charge in [0.25, 0.3) is 0 Å². The summed E-state index contributed by atoms with van der Waals surface area (Å²) in [5.74, 6) is 0. The molecule has 0 aromatic carbocycles. The second-order valence-corrected chi connectivity index (χ2v) is 3.37. The van der Waals surface area contributed by atoms with E-state index in [-0.39, 0.29) is 6.61 Å². The van der Waals surface area contributed by atoms with Crippen LogP contribution in [0.3, 0.4) is 0 Å². The van der Waals surface area contributed by atoms with Gasteiger partial charge in [-0.15, -0.1) is 0 Å². The topological polar surface area (TPSA) is 38.0 Å². The maximum Gasteiger partial charge on any atom is 0.417 e. The van der Waals surface area contributed by atoms with Gasteiger partial charge in [0, 0.05) is 24.3 Å². The maximum absolute atomic E-state index is 12.4. The molecule has 0 aliphatic carbocycles. The van der Waals surface area contributed by atoms with E-state index in [4.69, 9.17) is 5.11 Å². The van der Waals surface area contributed by atoms with Gasteiger partial charge in [-0.05, 0) is 12.1 Å². The average molecular weight is 230 g/mol. The van der Waals surface area contributed by atoms with Crippen LogP contribution in [0.15, 0.2) is 24.5 Å². The SMILES string of the molecule is OCCn1ccc2cc(C(F)(F)F)cnc21. The Hall–Kier alpha value is -1.56. The van der Waals surface area contributed by atoms with E-state index in [1.807, 2.05) is 0 Å². The van der Waals surface area contributed by atoms with E-state index in [1.54, 1.807) is 16.8 Å². The molecule has 0 unspecified atom stereocenters. The molecular formula is C10H9F3N2O. The summed E-state index contributed by atoms with van der Waals surface area (Å²) >= 11 is 0. The van der Waals surface area contributed by atoms with Gasteiger partial charge in [0.2, 0.25) is 0 Å². The van der Waals surface area contributed by atoms with Crippen LogP contribution in [0, 0.1) is 0 Å². The Kier molecular flexibility index (Phi) is 2.59. The summed E-state index contributed by atoms with van der Waals surface area (Å²) in [5, 5.41) is 9.17. The molecule has 0 amide bonds. The number of alkyl halides is 3. The molecule has 0 radical (unpaired) electrons. The first-order valence-electron chi connectivity index (χ1n) is 4.65. The number of aliphatic hydroxyl groups is 1. The summed E-state index contributed by atoms with van der Waals surface area (Å²) < 4.78 is 38.8. The van der Waals surface area contributed by atoms with Crippen LogP contribution in [0.2, 0.25) is 0 Å². The number of nitrogens with zero attached hydrogens (tertiary/aromatic N) is 2. The van der Waals surface area contributed by atoms with Gasteiger partial charge >= 0.3 is 6.18 Å². The predicted molar refractivity (Wildman–Crippen MR) is 51.8 cm³/mol. The van der Waals surface area contributed by atoms with Crippen molar-refractivity contribution >= 4 is 11.0 Å². The molecule has 2 aromatic rings. The zero-order chi connectivity index (χ0) is 11.8. The highest BCUT2D eigenvalue weighted by atomic mass is 19.4. The van der Waals surface area contributed by atoms with Gasteiger partial charge in [-0.25, -0.2) is 4.98 Å². The number of aliphatic hydroxyl groups excluding tert-OH is 1. The molecule has 3 nitrogen and oxygen atoms in total. The lowest BCUT2D eigenvalue weighted by Gasteiger charge is -2.06. The Bertz CT molecular complexity index is 504. The molecule has 0 atom stereocenters. The van der Waals surface area contributed by atoms with Crippen LogP contribution in [0.4, 0.5) is 13.2 Å². The Morgan fingerprint density at radius 3 is 2.75 bits per heavy atom. The van der Waals surface area contributed by atoms with Crippen molar-refractivity contribution in [3.63, 3.8) is 0 Å². The number of rotatable bonds is 2. The summed E-state index contributed by atoms with van der Waals surface area (Å²) in [4.78, 5) is 3.76. The molecule has 16 heavy (non-hydrogen) atoms. The van der Waals surface area contributed by atoms with Crippen molar-refractivity contribution < 1.29 is 18.3 Å². The fraction of sp³-hybridized carbons (Fsp3) is 0.300. The molecule has 1 N–H and O–H groups in total. The number of fused-ring (bicyclic) bond motifs is 1. The Morgan fingerprint density at radius 2 is 2.12 bits per heavy atom. The third kappa shape index (κ3) is 1.88. The average Bonchev–Trinajstić information content (AvgIpc) is 2.60. The molecule has 0 fully saturated rings. The zero-order valence-electron chi connectivity index (χ0n) is 8.20. The van der Waals surface area contributed by atoms with E-state index in [0.717, 1.165) is 12.3 Å². The molecule has 0 aliphatic heterocycles. The second-order valence-electron chi connectivity index (χ2n) is 3.37. The molecular weight excluding hydrogens is 221 g/mol. The fourth-order valence-corrected chi connectivity index (χ4v) is 1.52. The summed E-state index contributed by atoms with van der Waals surface area (Å²) in [6.45, 7) is 0.244. The quantitative estimate of drug-likeness (QED) is 0.857. The minimum absolute atomic E-state index is 0.0769. The number of hydrogen-bond acceptors (Lipinski definition) is 2. The third-order valence-electron chi connectivity index (χ3n) is 2.27. The third-order valence-corrected chi connectivity index (χ3v) is 2.27. The van der Waals surface area contributed by atoms with Crippen LogP contribution >= 0.6 is 0 Å². The van der Waals surface area contributed by atoms with Crippen LogP contribution in [-0.2, 0) is 12.7 Å². The van der Waals surface area contributed by atoms with E-state index in [0.29, 0.717) is 17.6 Å². The molecule has 0 aliphatic rings. The standard InChI is InChI=1S/C10H9F3N2O/c11-10(12,13)8-5-7-1-2-15(3-4-16)9(7)14-6-8/h1-2,5-6,16H,3-4H2. The first kappa shape index (κ1) is 10.9. The lowest BCUT2D eigenvalue weighted by Crippen LogP contribution is -2.06. The molecule has 2 heterocycles. The number of halogens is 3. The van der Waals surface area contributed by atoms with E-state index in [2.05, 4.69) is 4.98 Å². The smallest absolute Gasteiger partial charge is 0.395 e. The fourth-order valence-electron chi connectivity index (χ4n) is 1.52. The molecule has 0 bridgehead atoms. The molecule has 2 aromatic heterocycles. The lowest BCUT2D eigenvalue weighted by molar-refractivity contribution is -0.137. The van der Waals surface area contributed by atoms with E-state index >= 15 is 0 Å². The molecule has 6 heteroatoms. The highest BCUT2D eigenvalue weighted by Crippen LogP contribution is 2.30. The Labute approximate surface area is 89.1 Å². The molecule has 86 valence electrons. The lowest BCUT2D eigenvalue weighted by atomic mass is 10.2. The van der Waals surface area contributed by atoms with Crippen molar-refractivity contribution in [2.45, 2.75) is 12.7 Å². The van der Waals surface area contributed by atoms with Gasteiger partial charge in [0.15, 0.2) is 0 Å². The van der Waals surface area contributed by atoms with E-state index < -0.39 is 11.7 Å². The van der Waals surface area contributed by atoms with Crippen LogP contribution in [0.1, 0.15) is 5.56 Å². The maximum atomic E-state index is 12.4. The van der Waals surface area contributed by atoms with Crippen molar-refractivity contribution in [2.24, 2.45) is 0 Å². The summed E-state index contributed by atoms with van der Waals surface area (Å²) in [5.41, 5.74) is -0.316. The van der Waals surface area contributed by atoms with Crippen LogP contribution in [0.5, 0.6) is 0 Å². The zero-order valence-corrected chi connectivity index (χ0v) is 8.20. The minimum atomic E-state index is -4.37. The molecule has 0 saturated carbocycles. The highest BCUT2D eigenvalue weighted by Gasteiger charge is 2.31. The second kappa shape index (κ2) is 3.79. The number of hydrogen-bond donors (Lipinski definition) is 1. The molecule has 0 saturated heterocycles. The normalized spacial score (nSPS) is 12.2. The first-order chi connectivity index (χ1) is 7.52. The van der Waals surface area contributed by atoms with Gasteiger partial charge in [-0.1, -0.05) is 0 Å². The minimum Gasteiger partial charge on any atom is -0.395 e. The van der Waals surface area contributed by atoms with Crippen LogP contribution in [-0.4, -0.2) is 21.3 Å². The van der Waals surface area contributed by atoms with Crippen molar-refractivity contribution in [2.75, 3.05) is 6.61 Å². The van der Waals surface area contributed by atoms with Gasteiger partial charge in [0.05, 0.1) is 12.2 Å². The summed E-state index contributed by atoms with van der Waals surface area (Å²) in [6, 6.07) is 2.60. The van der Waals surface area contributed by atoms with Crippen molar-refractivity contribution in [1.29, 1.82) is 0 Å². The van der Waals surface area contributed by atoms with Crippen LogP contribution < -0.4 is 0 Å². The van der Waals surface area contributed by atoms with Gasteiger partial charge in [0.1, 0.15) is 5.65 Å². The van der Waals surface area contributed by atoms with Crippen molar-refractivity contribution in [3.05, 3.63) is 30.1 Å².